The molecule has 21 heavy (non-hydrogen) atoms. The van der Waals surface area contributed by atoms with Crippen molar-refractivity contribution in [2.24, 2.45) is 7.05 Å². The van der Waals surface area contributed by atoms with Gasteiger partial charge in [0, 0.05) is 24.7 Å². The summed E-state index contributed by atoms with van der Waals surface area (Å²) in [7, 11) is 1.85. The number of halogens is 2. The highest BCUT2D eigenvalue weighted by atomic mass is 35.5. The lowest BCUT2D eigenvalue weighted by Gasteiger charge is -2.12. The molecule has 0 fully saturated rings. The molecule has 0 aliphatic rings. The molecule has 0 radical (unpaired) electrons. The van der Waals surface area contributed by atoms with Gasteiger partial charge in [0.15, 0.2) is 0 Å². The largest absolute Gasteiger partial charge is 0.437 e. The summed E-state index contributed by atoms with van der Waals surface area (Å²) >= 11 is 12.1. The van der Waals surface area contributed by atoms with Crippen LogP contribution in [-0.4, -0.2) is 15.8 Å². The number of aryl methyl sites for hydroxylation is 2. The highest BCUT2D eigenvalue weighted by Gasteiger charge is 2.16. The number of benzene rings is 1. The third kappa shape index (κ3) is 3.90. The molecule has 0 spiro atoms. The second-order valence-electron chi connectivity index (χ2n) is 5.21. The van der Waals surface area contributed by atoms with Crippen molar-refractivity contribution in [3.05, 3.63) is 39.5 Å². The fraction of sp³-hybridized carbons (Fsp3) is 0.400. The summed E-state index contributed by atoms with van der Waals surface area (Å²) < 4.78 is 7.67. The maximum Gasteiger partial charge on any atom is 0.222 e. The van der Waals surface area contributed by atoms with Crippen LogP contribution in [0, 0.1) is 6.92 Å². The zero-order valence-electron chi connectivity index (χ0n) is 12.6. The van der Waals surface area contributed by atoms with Crippen LogP contribution in [0.1, 0.15) is 25.1 Å². The van der Waals surface area contributed by atoms with Gasteiger partial charge in [0.25, 0.3) is 0 Å². The van der Waals surface area contributed by atoms with Gasteiger partial charge in [0.1, 0.15) is 5.75 Å². The highest BCUT2D eigenvalue weighted by Crippen LogP contribution is 2.33. The van der Waals surface area contributed by atoms with E-state index in [9.17, 15) is 0 Å². The zero-order chi connectivity index (χ0) is 15.6. The van der Waals surface area contributed by atoms with Gasteiger partial charge >= 0.3 is 0 Å². The Morgan fingerprint density at radius 3 is 2.67 bits per heavy atom. The van der Waals surface area contributed by atoms with Gasteiger partial charge in [-0.25, -0.2) is 4.68 Å². The normalized spacial score (nSPS) is 11.2. The van der Waals surface area contributed by atoms with Crippen molar-refractivity contribution in [1.29, 1.82) is 0 Å². The predicted molar refractivity (Wildman–Crippen MR) is 86.5 cm³/mol. The zero-order valence-corrected chi connectivity index (χ0v) is 14.1. The second kappa shape index (κ2) is 6.69. The maximum absolute atomic E-state index is 6.16. The van der Waals surface area contributed by atoms with E-state index in [1.54, 1.807) is 22.9 Å². The van der Waals surface area contributed by atoms with Gasteiger partial charge in [-0.05, 0) is 25.1 Å². The molecule has 0 amide bonds. The summed E-state index contributed by atoms with van der Waals surface area (Å²) in [5, 5.41) is 8.85. The van der Waals surface area contributed by atoms with E-state index in [1.807, 2.05) is 14.0 Å². The maximum atomic E-state index is 6.16. The molecule has 0 unspecified atom stereocenters. The van der Waals surface area contributed by atoms with Crippen molar-refractivity contribution >= 4 is 23.2 Å². The van der Waals surface area contributed by atoms with Crippen molar-refractivity contribution in [3.8, 4) is 11.6 Å². The quantitative estimate of drug-likeness (QED) is 0.888. The first-order valence-electron chi connectivity index (χ1n) is 6.77. The van der Waals surface area contributed by atoms with E-state index in [-0.39, 0.29) is 0 Å². The lowest BCUT2D eigenvalue weighted by atomic mass is 10.2. The van der Waals surface area contributed by atoms with Crippen molar-refractivity contribution in [2.45, 2.75) is 33.4 Å². The third-order valence-electron chi connectivity index (χ3n) is 3.08. The number of ether oxygens (including phenoxy) is 1. The molecule has 0 aliphatic carbocycles. The van der Waals surface area contributed by atoms with E-state index >= 15 is 0 Å². The van der Waals surface area contributed by atoms with Crippen LogP contribution in [0.3, 0.4) is 0 Å². The Hall–Kier alpha value is -1.23. The second-order valence-corrected chi connectivity index (χ2v) is 6.05. The van der Waals surface area contributed by atoms with Crippen LogP contribution in [-0.2, 0) is 13.6 Å². The Morgan fingerprint density at radius 1 is 1.33 bits per heavy atom. The van der Waals surface area contributed by atoms with E-state index in [4.69, 9.17) is 27.9 Å². The van der Waals surface area contributed by atoms with Crippen LogP contribution in [0.5, 0.6) is 11.6 Å². The fourth-order valence-corrected chi connectivity index (χ4v) is 2.43. The molecular formula is C15H19Cl2N3O. The lowest BCUT2D eigenvalue weighted by Crippen LogP contribution is -2.22. The highest BCUT2D eigenvalue weighted by molar-refractivity contribution is 6.35. The van der Waals surface area contributed by atoms with E-state index < -0.39 is 0 Å². The summed E-state index contributed by atoms with van der Waals surface area (Å²) in [5.74, 6) is 1.25. The summed E-state index contributed by atoms with van der Waals surface area (Å²) in [6, 6.07) is 5.55. The summed E-state index contributed by atoms with van der Waals surface area (Å²) in [5.41, 5.74) is 1.96. The molecule has 1 aromatic heterocycles. The van der Waals surface area contributed by atoms with E-state index in [1.165, 1.54) is 0 Å². The lowest BCUT2D eigenvalue weighted by molar-refractivity contribution is 0.422. The van der Waals surface area contributed by atoms with Gasteiger partial charge in [-0.15, -0.1) is 0 Å². The van der Waals surface area contributed by atoms with Crippen LogP contribution in [0.4, 0.5) is 0 Å². The summed E-state index contributed by atoms with van der Waals surface area (Å²) in [4.78, 5) is 0. The Kier molecular flexibility index (Phi) is 5.14. The molecular weight excluding hydrogens is 309 g/mol. The minimum absolute atomic E-state index is 0.386. The first-order valence-corrected chi connectivity index (χ1v) is 7.53. The summed E-state index contributed by atoms with van der Waals surface area (Å²) in [6.45, 7) is 6.86. The number of rotatable bonds is 5. The monoisotopic (exact) mass is 327 g/mol. The Morgan fingerprint density at radius 2 is 2.05 bits per heavy atom. The number of hydrogen-bond acceptors (Lipinski definition) is 3. The molecule has 1 aromatic carbocycles. The summed E-state index contributed by atoms with van der Waals surface area (Å²) in [6.07, 6.45) is 0. The van der Waals surface area contributed by atoms with Gasteiger partial charge in [0.2, 0.25) is 5.88 Å². The molecule has 0 bridgehead atoms. The van der Waals surface area contributed by atoms with E-state index in [0.717, 1.165) is 11.3 Å². The van der Waals surface area contributed by atoms with Crippen LogP contribution < -0.4 is 10.1 Å². The molecule has 0 saturated heterocycles. The minimum atomic E-state index is 0.386. The van der Waals surface area contributed by atoms with Gasteiger partial charge in [-0.3, -0.25) is 0 Å². The van der Waals surface area contributed by atoms with Crippen molar-refractivity contribution in [2.75, 3.05) is 0 Å². The first kappa shape index (κ1) is 16.1. The van der Waals surface area contributed by atoms with Gasteiger partial charge in [0.05, 0.1) is 16.3 Å². The first-order chi connectivity index (χ1) is 9.88. The Bertz CT molecular complexity index is 638. The molecule has 0 atom stereocenters. The molecule has 1 heterocycles. The van der Waals surface area contributed by atoms with Crippen LogP contribution in [0.2, 0.25) is 10.0 Å². The van der Waals surface area contributed by atoms with Gasteiger partial charge < -0.3 is 10.1 Å². The van der Waals surface area contributed by atoms with Gasteiger partial charge in [-0.2, -0.15) is 5.10 Å². The van der Waals surface area contributed by atoms with Crippen molar-refractivity contribution in [3.63, 3.8) is 0 Å². The third-order valence-corrected chi connectivity index (χ3v) is 3.61. The van der Waals surface area contributed by atoms with Gasteiger partial charge in [-0.1, -0.05) is 37.0 Å². The number of nitrogens with zero attached hydrogens (tertiary/aromatic N) is 2. The molecule has 0 aliphatic heterocycles. The van der Waals surface area contributed by atoms with Crippen LogP contribution in [0.25, 0.3) is 0 Å². The molecule has 1 N–H and O–H groups in total. The smallest absolute Gasteiger partial charge is 0.222 e. The average Bonchev–Trinajstić information content (AvgIpc) is 2.65. The topological polar surface area (TPSA) is 39.1 Å². The molecule has 6 heteroatoms. The van der Waals surface area contributed by atoms with Crippen LogP contribution in [0.15, 0.2) is 18.2 Å². The molecule has 114 valence electrons. The van der Waals surface area contributed by atoms with Crippen LogP contribution >= 0.6 is 23.2 Å². The minimum Gasteiger partial charge on any atom is -0.437 e. The fourth-order valence-electron chi connectivity index (χ4n) is 1.98. The van der Waals surface area contributed by atoms with Crippen molar-refractivity contribution in [1.82, 2.24) is 15.1 Å². The standard InChI is InChI=1S/C15H19Cl2N3O/c1-9(2)18-8-12-10(3)19-20(4)15(12)21-14-6-5-11(16)7-13(14)17/h5-7,9,18H,8H2,1-4H3. The number of hydrogen-bond donors (Lipinski definition) is 1. The number of aromatic nitrogens is 2. The van der Waals surface area contributed by atoms with Crippen molar-refractivity contribution < 1.29 is 4.74 Å². The van der Waals surface area contributed by atoms with E-state index in [2.05, 4.69) is 24.3 Å². The average molecular weight is 328 g/mol. The Balaban J connectivity index is 2.30. The Labute approximate surface area is 135 Å². The molecule has 2 aromatic rings. The van der Waals surface area contributed by atoms with E-state index in [0.29, 0.717) is 34.3 Å². The molecule has 4 nitrogen and oxygen atoms in total. The number of nitrogens with one attached hydrogen (secondary N) is 1. The molecule has 0 saturated carbocycles. The SMILES string of the molecule is Cc1nn(C)c(Oc2ccc(Cl)cc2Cl)c1CNC(C)C. The predicted octanol–water partition coefficient (Wildman–Crippen LogP) is 4.33. The molecule has 2 rings (SSSR count).